The fraction of sp³-hybridized carbons (Fsp3) is 0.450. The number of carbonyl (C=O) groups excluding carboxylic acids is 3. The molecule has 2 saturated carbocycles. The van der Waals surface area contributed by atoms with E-state index in [1.807, 2.05) is 0 Å². The summed E-state index contributed by atoms with van der Waals surface area (Å²) in [4.78, 5) is 40.0. The van der Waals surface area contributed by atoms with Gasteiger partial charge in [-0.2, -0.15) is 0 Å². The maximum atomic E-state index is 13.1. The summed E-state index contributed by atoms with van der Waals surface area (Å²) in [5, 5.41) is 3.47. The van der Waals surface area contributed by atoms with Crippen LogP contribution in [-0.4, -0.2) is 28.7 Å². The lowest BCUT2D eigenvalue weighted by molar-refractivity contribution is -0.146. The van der Waals surface area contributed by atoms with Crippen molar-refractivity contribution in [2.24, 2.45) is 35.5 Å². The van der Waals surface area contributed by atoms with E-state index in [0.717, 1.165) is 6.42 Å². The van der Waals surface area contributed by atoms with Crippen LogP contribution in [0.1, 0.15) is 13.3 Å². The zero-order valence-corrected chi connectivity index (χ0v) is 16.1. The highest BCUT2D eigenvalue weighted by molar-refractivity contribution is 6.35. The van der Waals surface area contributed by atoms with E-state index in [-0.39, 0.29) is 35.5 Å². The lowest BCUT2D eigenvalue weighted by Crippen LogP contribution is -2.46. The molecule has 7 unspecified atom stereocenters. The first kappa shape index (κ1) is 17.3. The van der Waals surface area contributed by atoms with Crippen LogP contribution in [0.4, 0.5) is 5.69 Å². The molecular formula is C20H18Cl2N2O3. The topological polar surface area (TPSA) is 66.5 Å². The average molecular weight is 405 g/mol. The van der Waals surface area contributed by atoms with Crippen molar-refractivity contribution in [3.63, 3.8) is 0 Å². The third-order valence-corrected chi connectivity index (χ3v) is 7.21. The Morgan fingerprint density at radius 3 is 2.30 bits per heavy atom. The largest absolute Gasteiger partial charge is 0.323 e. The second-order valence-corrected chi connectivity index (χ2v) is 8.83. The molecule has 1 aliphatic heterocycles. The van der Waals surface area contributed by atoms with E-state index in [4.69, 9.17) is 23.2 Å². The van der Waals surface area contributed by atoms with E-state index in [1.54, 1.807) is 25.1 Å². The van der Waals surface area contributed by atoms with E-state index in [2.05, 4.69) is 17.5 Å². The van der Waals surface area contributed by atoms with Crippen LogP contribution in [0.25, 0.3) is 0 Å². The standard InChI is InChI=1S/C20H18Cl2N2O3/c1-8(18(25)23-15-6-9(21)2-5-14(15)22)24-19(26)16-10-3-4-11(13-7-12(10)13)17(16)20(24)27/h2-6,8,10-13,16-17H,7H2,1H3,(H,23,25). The van der Waals surface area contributed by atoms with Crippen LogP contribution >= 0.6 is 23.2 Å². The number of nitrogens with zero attached hydrogens (tertiary/aromatic N) is 1. The molecule has 6 rings (SSSR count). The Morgan fingerprint density at radius 1 is 1.11 bits per heavy atom. The number of hydrogen-bond acceptors (Lipinski definition) is 3. The summed E-state index contributed by atoms with van der Waals surface area (Å²) in [5.74, 6) is -0.135. The van der Waals surface area contributed by atoms with Crippen molar-refractivity contribution in [3.05, 3.63) is 40.4 Å². The van der Waals surface area contributed by atoms with Gasteiger partial charge in [-0.25, -0.2) is 0 Å². The average Bonchev–Trinajstić information content (AvgIpc) is 3.42. The van der Waals surface area contributed by atoms with E-state index < -0.39 is 11.9 Å². The van der Waals surface area contributed by atoms with Gasteiger partial charge in [-0.3, -0.25) is 19.3 Å². The molecule has 0 radical (unpaired) electrons. The van der Waals surface area contributed by atoms with Crippen LogP contribution in [0.5, 0.6) is 0 Å². The van der Waals surface area contributed by atoms with Crippen LogP contribution in [0, 0.1) is 35.5 Å². The lowest BCUT2D eigenvalue weighted by atomic mass is 9.63. The molecule has 1 N–H and O–H groups in total. The molecule has 3 fully saturated rings. The molecule has 1 aromatic carbocycles. The zero-order valence-electron chi connectivity index (χ0n) is 14.6. The van der Waals surface area contributed by atoms with Gasteiger partial charge in [-0.05, 0) is 55.2 Å². The second-order valence-electron chi connectivity index (χ2n) is 7.99. The molecule has 0 aromatic heterocycles. The molecule has 2 bridgehead atoms. The Morgan fingerprint density at radius 2 is 1.70 bits per heavy atom. The van der Waals surface area contributed by atoms with Crippen molar-refractivity contribution in [1.29, 1.82) is 0 Å². The third-order valence-electron chi connectivity index (χ3n) is 6.65. The number of anilines is 1. The Bertz CT molecular complexity index is 878. The summed E-state index contributed by atoms with van der Waals surface area (Å²) >= 11 is 12.1. The summed E-state index contributed by atoms with van der Waals surface area (Å²) < 4.78 is 0. The first-order valence-electron chi connectivity index (χ1n) is 9.19. The second kappa shape index (κ2) is 5.82. The van der Waals surface area contributed by atoms with Crippen molar-refractivity contribution >= 4 is 46.6 Å². The Hall–Kier alpha value is -1.85. The molecule has 27 heavy (non-hydrogen) atoms. The van der Waals surface area contributed by atoms with Crippen molar-refractivity contribution in [1.82, 2.24) is 4.90 Å². The molecule has 4 aliphatic carbocycles. The normalized spacial score (nSPS) is 36.5. The third kappa shape index (κ3) is 2.41. The molecule has 140 valence electrons. The van der Waals surface area contributed by atoms with Gasteiger partial charge in [0.15, 0.2) is 0 Å². The fourth-order valence-electron chi connectivity index (χ4n) is 5.31. The Labute approximate surface area is 166 Å². The quantitative estimate of drug-likeness (QED) is 0.620. The van der Waals surface area contributed by atoms with Gasteiger partial charge in [0.05, 0.1) is 22.5 Å². The van der Waals surface area contributed by atoms with Crippen molar-refractivity contribution in [2.75, 3.05) is 5.32 Å². The van der Waals surface area contributed by atoms with E-state index in [0.29, 0.717) is 27.6 Å². The van der Waals surface area contributed by atoms with Gasteiger partial charge in [0.25, 0.3) is 0 Å². The van der Waals surface area contributed by atoms with Gasteiger partial charge in [-0.15, -0.1) is 0 Å². The highest BCUT2D eigenvalue weighted by atomic mass is 35.5. The summed E-state index contributed by atoms with van der Waals surface area (Å²) in [5.41, 5.74) is 0.362. The van der Waals surface area contributed by atoms with E-state index in [1.165, 1.54) is 4.90 Å². The molecule has 3 amide bonds. The number of halogens is 2. The number of nitrogens with one attached hydrogen (secondary N) is 1. The molecule has 7 atom stereocenters. The van der Waals surface area contributed by atoms with Gasteiger partial charge < -0.3 is 5.32 Å². The minimum absolute atomic E-state index is 0.143. The number of rotatable bonds is 3. The molecule has 1 heterocycles. The number of allylic oxidation sites excluding steroid dienone is 2. The van der Waals surface area contributed by atoms with Crippen LogP contribution in [0.2, 0.25) is 10.0 Å². The Kier molecular flexibility index (Phi) is 3.72. The smallest absolute Gasteiger partial charge is 0.247 e. The maximum absolute atomic E-state index is 13.1. The molecule has 7 heteroatoms. The monoisotopic (exact) mass is 404 g/mol. The van der Waals surface area contributed by atoms with Crippen LogP contribution < -0.4 is 5.32 Å². The van der Waals surface area contributed by atoms with E-state index in [9.17, 15) is 14.4 Å². The number of hydrogen-bond donors (Lipinski definition) is 1. The van der Waals surface area contributed by atoms with Gasteiger partial charge in [0, 0.05) is 5.02 Å². The van der Waals surface area contributed by atoms with Gasteiger partial charge in [0.1, 0.15) is 6.04 Å². The predicted octanol–water partition coefficient (Wildman–Crippen LogP) is 3.37. The van der Waals surface area contributed by atoms with Crippen molar-refractivity contribution in [2.45, 2.75) is 19.4 Å². The maximum Gasteiger partial charge on any atom is 0.247 e. The van der Waals surface area contributed by atoms with Crippen LogP contribution in [-0.2, 0) is 14.4 Å². The molecule has 0 spiro atoms. The SMILES string of the molecule is CC(C(=O)Nc1cc(Cl)ccc1Cl)N1C(=O)C2C3C=CC(C4CC34)C2C1=O. The Balaban J connectivity index is 1.39. The zero-order chi connectivity index (χ0) is 19.0. The highest BCUT2D eigenvalue weighted by Crippen LogP contribution is 2.65. The summed E-state index contributed by atoms with van der Waals surface area (Å²) in [6, 6.07) is 3.84. The first-order chi connectivity index (χ1) is 12.9. The minimum atomic E-state index is -0.902. The molecule has 5 nitrogen and oxygen atoms in total. The van der Waals surface area contributed by atoms with Crippen LogP contribution in [0.3, 0.4) is 0 Å². The molecular weight excluding hydrogens is 387 g/mol. The van der Waals surface area contributed by atoms with Crippen molar-refractivity contribution < 1.29 is 14.4 Å². The summed E-state index contributed by atoms with van der Waals surface area (Å²) in [6.45, 7) is 1.58. The summed E-state index contributed by atoms with van der Waals surface area (Å²) in [6.07, 6.45) is 5.34. The number of imide groups is 1. The van der Waals surface area contributed by atoms with Gasteiger partial charge in [-0.1, -0.05) is 35.4 Å². The van der Waals surface area contributed by atoms with E-state index >= 15 is 0 Å². The minimum Gasteiger partial charge on any atom is -0.323 e. The van der Waals surface area contributed by atoms with Crippen molar-refractivity contribution in [3.8, 4) is 0 Å². The molecule has 1 aromatic rings. The predicted molar refractivity (Wildman–Crippen MR) is 101 cm³/mol. The molecule has 1 saturated heterocycles. The lowest BCUT2D eigenvalue weighted by Gasteiger charge is -2.37. The first-order valence-corrected chi connectivity index (χ1v) is 9.95. The number of amides is 3. The number of benzene rings is 1. The van der Waals surface area contributed by atoms with Gasteiger partial charge in [0.2, 0.25) is 17.7 Å². The number of carbonyl (C=O) groups is 3. The highest BCUT2D eigenvalue weighted by Gasteiger charge is 2.67. The van der Waals surface area contributed by atoms with Gasteiger partial charge >= 0.3 is 0 Å². The molecule has 5 aliphatic rings. The number of likely N-dealkylation sites (tertiary alicyclic amines) is 1. The van der Waals surface area contributed by atoms with Crippen LogP contribution in [0.15, 0.2) is 30.4 Å². The summed E-state index contributed by atoms with van der Waals surface area (Å²) in [7, 11) is 0. The fourth-order valence-corrected chi connectivity index (χ4v) is 5.65.